The molecular formula is C12H14BrFN2. The SMILES string of the molecule is N#CCCCNCCc1cc(Br)ccc1F. The Kier molecular flexibility index (Phi) is 6.05. The molecule has 0 unspecified atom stereocenters. The highest BCUT2D eigenvalue weighted by molar-refractivity contribution is 9.10. The van der Waals surface area contributed by atoms with Crippen LogP contribution in [0.1, 0.15) is 18.4 Å². The Labute approximate surface area is 104 Å². The first kappa shape index (κ1) is 13.1. The van der Waals surface area contributed by atoms with Crippen molar-refractivity contribution in [2.24, 2.45) is 0 Å². The number of nitrogens with zero attached hydrogens (tertiary/aromatic N) is 1. The van der Waals surface area contributed by atoms with E-state index in [9.17, 15) is 4.39 Å². The van der Waals surface area contributed by atoms with Crippen LogP contribution in [0.5, 0.6) is 0 Å². The molecule has 0 fully saturated rings. The molecule has 0 bridgehead atoms. The normalized spacial score (nSPS) is 10.1. The van der Waals surface area contributed by atoms with Gasteiger partial charge < -0.3 is 5.32 Å². The molecular weight excluding hydrogens is 271 g/mol. The molecule has 0 heterocycles. The zero-order valence-electron chi connectivity index (χ0n) is 8.97. The molecule has 16 heavy (non-hydrogen) atoms. The predicted octanol–water partition coefficient (Wildman–Crippen LogP) is 3.02. The number of rotatable bonds is 6. The van der Waals surface area contributed by atoms with Crippen molar-refractivity contribution in [1.29, 1.82) is 5.26 Å². The second-order valence-corrected chi connectivity index (χ2v) is 4.41. The third kappa shape index (κ3) is 4.73. The van der Waals surface area contributed by atoms with Gasteiger partial charge in [0, 0.05) is 10.9 Å². The number of hydrogen-bond donors (Lipinski definition) is 1. The molecule has 0 aliphatic carbocycles. The van der Waals surface area contributed by atoms with E-state index in [2.05, 4.69) is 27.3 Å². The van der Waals surface area contributed by atoms with E-state index < -0.39 is 0 Å². The Balaban J connectivity index is 2.27. The van der Waals surface area contributed by atoms with Crippen molar-refractivity contribution in [3.05, 3.63) is 34.1 Å². The maximum absolute atomic E-state index is 13.3. The van der Waals surface area contributed by atoms with Crippen molar-refractivity contribution >= 4 is 15.9 Å². The minimum absolute atomic E-state index is 0.165. The summed E-state index contributed by atoms with van der Waals surface area (Å²) in [5.74, 6) is -0.165. The van der Waals surface area contributed by atoms with E-state index in [0.29, 0.717) is 18.4 Å². The molecule has 1 aromatic carbocycles. The minimum atomic E-state index is -0.165. The molecule has 0 spiro atoms. The predicted molar refractivity (Wildman–Crippen MR) is 65.5 cm³/mol. The third-order valence-electron chi connectivity index (χ3n) is 2.22. The maximum Gasteiger partial charge on any atom is 0.126 e. The fourth-order valence-corrected chi connectivity index (χ4v) is 1.78. The topological polar surface area (TPSA) is 35.8 Å². The van der Waals surface area contributed by atoms with Crippen molar-refractivity contribution < 1.29 is 4.39 Å². The lowest BCUT2D eigenvalue weighted by Gasteiger charge is -2.05. The summed E-state index contributed by atoms with van der Waals surface area (Å²) in [5, 5.41) is 11.5. The molecule has 0 saturated carbocycles. The van der Waals surface area contributed by atoms with E-state index in [0.717, 1.165) is 24.0 Å². The molecule has 1 rings (SSSR count). The Morgan fingerprint density at radius 2 is 2.19 bits per heavy atom. The van der Waals surface area contributed by atoms with Crippen molar-refractivity contribution in [1.82, 2.24) is 5.32 Å². The molecule has 1 N–H and O–H groups in total. The van der Waals surface area contributed by atoms with Gasteiger partial charge in [-0.15, -0.1) is 0 Å². The van der Waals surface area contributed by atoms with Gasteiger partial charge in [-0.25, -0.2) is 4.39 Å². The number of nitrogens with one attached hydrogen (secondary N) is 1. The zero-order valence-corrected chi connectivity index (χ0v) is 10.6. The molecule has 2 nitrogen and oxygen atoms in total. The zero-order chi connectivity index (χ0) is 11.8. The molecule has 4 heteroatoms. The van der Waals surface area contributed by atoms with Crippen LogP contribution in [0.25, 0.3) is 0 Å². The number of hydrogen-bond acceptors (Lipinski definition) is 2. The second-order valence-electron chi connectivity index (χ2n) is 3.50. The molecule has 0 aromatic heterocycles. The largest absolute Gasteiger partial charge is 0.316 e. The average Bonchev–Trinajstić information content (AvgIpc) is 2.28. The monoisotopic (exact) mass is 284 g/mol. The molecule has 0 aliphatic heterocycles. The van der Waals surface area contributed by atoms with Gasteiger partial charge in [0.2, 0.25) is 0 Å². The number of benzene rings is 1. The van der Waals surface area contributed by atoms with E-state index in [-0.39, 0.29) is 5.82 Å². The first-order valence-corrected chi connectivity index (χ1v) is 6.05. The van der Waals surface area contributed by atoms with Gasteiger partial charge in [-0.05, 0) is 49.7 Å². The fraction of sp³-hybridized carbons (Fsp3) is 0.417. The van der Waals surface area contributed by atoms with E-state index in [1.807, 2.05) is 0 Å². The van der Waals surface area contributed by atoms with E-state index in [1.165, 1.54) is 6.07 Å². The summed E-state index contributed by atoms with van der Waals surface area (Å²) >= 11 is 3.32. The van der Waals surface area contributed by atoms with Crippen molar-refractivity contribution in [2.75, 3.05) is 13.1 Å². The summed E-state index contributed by atoms with van der Waals surface area (Å²) in [6.07, 6.45) is 2.08. The molecule has 86 valence electrons. The molecule has 0 radical (unpaired) electrons. The van der Waals surface area contributed by atoms with Gasteiger partial charge in [-0.1, -0.05) is 15.9 Å². The van der Waals surface area contributed by atoms with Gasteiger partial charge in [0.1, 0.15) is 5.82 Å². The van der Waals surface area contributed by atoms with Gasteiger partial charge in [0.15, 0.2) is 0 Å². The van der Waals surface area contributed by atoms with Gasteiger partial charge in [-0.3, -0.25) is 0 Å². The Morgan fingerprint density at radius 3 is 2.94 bits per heavy atom. The first-order chi connectivity index (χ1) is 7.74. The summed E-state index contributed by atoms with van der Waals surface area (Å²) in [4.78, 5) is 0. The lowest BCUT2D eigenvalue weighted by atomic mass is 10.1. The van der Waals surface area contributed by atoms with Crippen LogP contribution in [-0.2, 0) is 6.42 Å². The van der Waals surface area contributed by atoms with Gasteiger partial charge in [0.25, 0.3) is 0 Å². The van der Waals surface area contributed by atoms with Crippen LogP contribution in [0.15, 0.2) is 22.7 Å². The van der Waals surface area contributed by atoms with Crippen molar-refractivity contribution in [3.63, 3.8) is 0 Å². The third-order valence-corrected chi connectivity index (χ3v) is 2.71. The van der Waals surface area contributed by atoms with Gasteiger partial charge in [0.05, 0.1) is 6.07 Å². The fourth-order valence-electron chi connectivity index (χ4n) is 1.38. The highest BCUT2D eigenvalue weighted by atomic mass is 79.9. The summed E-state index contributed by atoms with van der Waals surface area (Å²) in [5.41, 5.74) is 0.710. The van der Waals surface area contributed by atoms with Crippen LogP contribution in [0.3, 0.4) is 0 Å². The maximum atomic E-state index is 13.3. The standard InChI is InChI=1S/C12H14BrFN2/c13-11-3-4-12(14)10(9-11)5-8-16-7-2-1-6-15/h3-4,9,16H,1-2,5,7-8H2. The lowest BCUT2D eigenvalue weighted by molar-refractivity contribution is 0.594. The van der Waals surface area contributed by atoms with Crippen LogP contribution in [0, 0.1) is 17.1 Å². The van der Waals surface area contributed by atoms with E-state index >= 15 is 0 Å². The van der Waals surface area contributed by atoms with Crippen LogP contribution < -0.4 is 5.32 Å². The van der Waals surface area contributed by atoms with Crippen molar-refractivity contribution in [2.45, 2.75) is 19.3 Å². The van der Waals surface area contributed by atoms with E-state index in [4.69, 9.17) is 5.26 Å². The summed E-state index contributed by atoms with van der Waals surface area (Å²) in [6, 6.07) is 7.05. The summed E-state index contributed by atoms with van der Waals surface area (Å²) in [6.45, 7) is 1.54. The molecule has 0 aliphatic rings. The van der Waals surface area contributed by atoms with Crippen molar-refractivity contribution in [3.8, 4) is 6.07 Å². The highest BCUT2D eigenvalue weighted by Crippen LogP contribution is 2.15. The molecule has 0 atom stereocenters. The van der Waals surface area contributed by atoms with Crippen LogP contribution in [0.2, 0.25) is 0 Å². The minimum Gasteiger partial charge on any atom is -0.316 e. The molecule has 1 aromatic rings. The quantitative estimate of drug-likeness (QED) is 0.815. The summed E-state index contributed by atoms with van der Waals surface area (Å²) in [7, 11) is 0. The van der Waals surface area contributed by atoms with Gasteiger partial charge in [-0.2, -0.15) is 5.26 Å². The van der Waals surface area contributed by atoms with Crippen LogP contribution in [-0.4, -0.2) is 13.1 Å². The number of unbranched alkanes of at least 4 members (excludes halogenated alkanes) is 1. The highest BCUT2D eigenvalue weighted by Gasteiger charge is 2.01. The Morgan fingerprint density at radius 1 is 1.38 bits per heavy atom. The number of halogens is 2. The second kappa shape index (κ2) is 7.37. The smallest absolute Gasteiger partial charge is 0.126 e. The van der Waals surface area contributed by atoms with Crippen LogP contribution in [0.4, 0.5) is 4.39 Å². The average molecular weight is 285 g/mol. The van der Waals surface area contributed by atoms with Gasteiger partial charge >= 0.3 is 0 Å². The van der Waals surface area contributed by atoms with E-state index in [1.54, 1.807) is 12.1 Å². The Bertz CT molecular complexity index is 374. The molecule has 0 amide bonds. The summed E-state index contributed by atoms with van der Waals surface area (Å²) < 4.78 is 14.2. The Hall–Kier alpha value is -0.920. The lowest BCUT2D eigenvalue weighted by Crippen LogP contribution is -2.18. The van der Waals surface area contributed by atoms with Crippen LogP contribution >= 0.6 is 15.9 Å². The number of nitriles is 1. The first-order valence-electron chi connectivity index (χ1n) is 5.25. The molecule has 0 saturated heterocycles.